The fraction of sp³-hybridized carbons (Fsp3) is 0.222. The highest BCUT2D eigenvalue weighted by atomic mass is 32.1. The molecule has 0 atom stereocenters. The Morgan fingerprint density at radius 2 is 2.42 bits per heavy atom. The topological polar surface area (TPSA) is 26.3 Å². The van der Waals surface area contributed by atoms with E-state index in [1.54, 1.807) is 0 Å². The van der Waals surface area contributed by atoms with Gasteiger partial charge in [0.15, 0.2) is 0 Å². The van der Waals surface area contributed by atoms with Gasteiger partial charge in [0.2, 0.25) is 0 Å². The van der Waals surface area contributed by atoms with Gasteiger partial charge in [0.25, 0.3) is 0 Å². The van der Waals surface area contributed by atoms with Crippen LogP contribution < -0.4 is 0 Å². The number of ether oxygens (including phenoxy) is 1. The lowest BCUT2D eigenvalue weighted by Gasteiger charge is -1.85. The molecule has 0 aliphatic heterocycles. The minimum Gasteiger partial charge on any atom is -0.459 e. The van der Waals surface area contributed by atoms with Gasteiger partial charge in [-0.15, -0.1) is 11.3 Å². The molecule has 0 aliphatic carbocycles. The molecule has 1 heterocycles. The Labute approximate surface area is 75.2 Å². The minimum atomic E-state index is -0.497. The Hall–Kier alpha value is -1.27. The average molecular weight is 180 g/mol. The third-order valence-corrected chi connectivity index (χ3v) is 2.26. The largest absolute Gasteiger partial charge is 0.459 e. The first-order valence-corrected chi connectivity index (χ1v) is 4.26. The van der Waals surface area contributed by atoms with Crippen molar-refractivity contribution in [1.29, 1.82) is 0 Å². The molecular formula is C9H8O2S. The molecule has 3 heteroatoms. The van der Waals surface area contributed by atoms with Crippen LogP contribution in [0.2, 0.25) is 0 Å². The Kier molecular flexibility index (Phi) is 2.89. The van der Waals surface area contributed by atoms with Gasteiger partial charge in [0.05, 0.1) is 12.0 Å². The van der Waals surface area contributed by atoms with Crippen LogP contribution in [-0.2, 0) is 9.53 Å². The summed E-state index contributed by atoms with van der Waals surface area (Å²) in [5, 5.41) is 1.94. The van der Waals surface area contributed by atoms with Gasteiger partial charge in [-0.2, -0.15) is 0 Å². The van der Waals surface area contributed by atoms with E-state index in [2.05, 4.69) is 16.6 Å². The van der Waals surface area contributed by atoms with Crippen molar-refractivity contribution in [3.8, 4) is 11.8 Å². The van der Waals surface area contributed by atoms with Crippen LogP contribution in [0.25, 0.3) is 0 Å². The molecule has 0 radical (unpaired) electrons. The van der Waals surface area contributed by atoms with Crippen molar-refractivity contribution in [2.75, 3.05) is 7.11 Å². The number of methoxy groups -OCH3 is 1. The van der Waals surface area contributed by atoms with Crippen LogP contribution in [0.15, 0.2) is 11.4 Å². The zero-order chi connectivity index (χ0) is 8.97. The van der Waals surface area contributed by atoms with Crippen LogP contribution in [-0.4, -0.2) is 13.1 Å². The Balaban J connectivity index is 2.79. The van der Waals surface area contributed by atoms with Gasteiger partial charge >= 0.3 is 5.97 Å². The first-order valence-electron chi connectivity index (χ1n) is 3.38. The van der Waals surface area contributed by atoms with Crippen molar-refractivity contribution < 1.29 is 9.53 Å². The van der Waals surface area contributed by atoms with Crippen molar-refractivity contribution in [3.63, 3.8) is 0 Å². The lowest BCUT2D eigenvalue weighted by molar-refractivity contribution is -0.133. The van der Waals surface area contributed by atoms with E-state index in [4.69, 9.17) is 0 Å². The number of esters is 1. The van der Waals surface area contributed by atoms with Crippen molar-refractivity contribution in [3.05, 3.63) is 21.9 Å². The number of aryl methyl sites for hydroxylation is 1. The zero-order valence-corrected chi connectivity index (χ0v) is 7.70. The highest BCUT2D eigenvalue weighted by Gasteiger charge is 1.95. The number of hydrogen-bond donors (Lipinski definition) is 0. The Morgan fingerprint density at radius 3 is 2.92 bits per heavy atom. The maximum absolute atomic E-state index is 10.6. The molecule has 1 rings (SSSR count). The monoisotopic (exact) mass is 180 g/mol. The number of hydrogen-bond acceptors (Lipinski definition) is 3. The van der Waals surface area contributed by atoms with Crippen LogP contribution in [0.1, 0.15) is 10.4 Å². The lowest BCUT2D eigenvalue weighted by Crippen LogP contribution is -1.94. The van der Waals surface area contributed by atoms with Crippen LogP contribution in [0.3, 0.4) is 0 Å². The summed E-state index contributed by atoms with van der Waals surface area (Å²) >= 11 is 1.52. The SMILES string of the molecule is COC(=O)C#Cc1sccc1C. The molecule has 2 nitrogen and oxygen atoms in total. The van der Waals surface area contributed by atoms with Crippen LogP contribution in [0, 0.1) is 18.8 Å². The molecule has 62 valence electrons. The standard InChI is InChI=1S/C9H8O2S/c1-7-5-6-12-8(7)3-4-9(10)11-2/h5-6H,1-2H3. The van der Waals surface area contributed by atoms with Crippen LogP contribution in [0.5, 0.6) is 0 Å². The summed E-state index contributed by atoms with van der Waals surface area (Å²) in [6.07, 6.45) is 0. The number of carbonyl (C=O) groups is 1. The first-order chi connectivity index (χ1) is 5.74. The van der Waals surface area contributed by atoms with Crippen molar-refractivity contribution in [2.24, 2.45) is 0 Å². The number of rotatable bonds is 0. The van der Waals surface area contributed by atoms with E-state index in [0.717, 1.165) is 10.4 Å². The molecule has 12 heavy (non-hydrogen) atoms. The van der Waals surface area contributed by atoms with E-state index >= 15 is 0 Å². The second-order valence-electron chi connectivity index (χ2n) is 2.17. The highest BCUT2D eigenvalue weighted by molar-refractivity contribution is 7.10. The third-order valence-electron chi connectivity index (χ3n) is 1.33. The summed E-state index contributed by atoms with van der Waals surface area (Å²) in [4.78, 5) is 11.5. The summed E-state index contributed by atoms with van der Waals surface area (Å²) in [7, 11) is 1.32. The average Bonchev–Trinajstić information content (AvgIpc) is 2.47. The molecule has 0 aromatic carbocycles. The normalized spacial score (nSPS) is 8.50. The lowest BCUT2D eigenvalue weighted by atomic mass is 10.3. The maximum atomic E-state index is 10.6. The number of carbonyl (C=O) groups excluding carboxylic acids is 1. The second kappa shape index (κ2) is 3.93. The van der Waals surface area contributed by atoms with Gasteiger partial charge in [-0.25, -0.2) is 4.79 Å². The molecule has 0 fully saturated rings. The van der Waals surface area contributed by atoms with Crippen molar-refractivity contribution in [1.82, 2.24) is 0 Å². The molecule has 0 spiro atoms. The molecule has 0 saturated heterocycles. The summed E-state index contributed by atoms with van der Waals surface area (Å²) in [6.45, 7) is 1.96. The molecule has 0 unspecified atom stereocenters. The maximum Gasteiger partial charge on any atom is 0.384 e. The second-order valence-corrected chi connectivity index (χ2v) is 3.09. The quantitative estimate of drug-likeness (QED) is 0.447. The van der Waals surface area contributed by atoms with E-state index in [0.29, 0.717) is 0 Å². The summed E-state index contributed by atoms with van der Waals surface area (Å²) in [5.41, 5.74) is 1.09. The third kappa shape index (κ3) is 2.11. The smallest absolute Gasteiger partial charge is 0.384 e. The summed E-state index contributed by atoms with van der Waals surface area (Å²) in [6, 6.07) is 1.96. The summed E-state index contributed by atoms with van der Waals surface area (Å²) in [5.74, 6) is 4.62. The van der Waals surface area contributed by atoms with Crippen LogP contribution >= 0.6 is 11.3 Å². The fourth-order valence-corrected chi connectivity index (χ4v) is 1.43. The molecule has 0 saturated carbocycles. The Bertz CT molecular complexity index is 341. The van der Waals surface area contributed by atoms with E-state index < -0.39 is 5.97 Å². The molecule has 0 aliphatic rings. The first kappa shape index (κ1) is 8.82. The summed E-state index contributed by atoms with van der Waals surface area (Å²) < 4.78 is 4.38. The fourth-order valence-electron chi connectivity index (χ4n) is 0.660. The Morgan fingerprint density at radius 1 is 1.67 bits per heavy atom. The van der Waals surface area contributed by atoms with Crippen LogP contribution in [0.4, 0.5) is 0 Å². The van der Waals surface area contributed by atoms with Gasteiger partial charge < -0.3 is 4.74 Å². The van der Waals surface area contributed by atoms with Gasteiger partial charge in [-0.1, -0.05) is 0 Å². The van der Waals surface area contributed by atoms with E-state index in [9.17, 15) is 4.79 Å². The molecule has 1 aromatic rings. The van der Waals surface area contributed by atoms with Crippen molar-refractivity contribution >= 4 is 17.3 Å². The van der Waals surface area contributed by atoms with Gasteiger partial charge in [-0.05, 0) is 29.9 Å². The molecular weight excluding hydrogens is 172 g/mol. The predicted octanol–water partition coefficient (Wildman–Crippen LogP) is 1.58. The molecule has 0 bridgehead atoms. The van der Waals surface area contributed by atoms with E-state index in [1.807, 2.05) is 18.4 Å². The predicted molar refractivity (Wildman–Crippen MR) is 48.0 cm³/mol. The van der Waals surface area contributed by atoms with Gasteiger partial charge in [-0.3, -0.25) is 0 Å². The molecule has 0 amide bonds. The van der Waals surface area contributed by atoms with E-state index in [-0.39, 0.29) is 0 Å². The van der Waals surface area contributed by atoms with Gasteiger partial charge in [0, 0.05) is 5.92 Å². The van der Waals surface area contributed by atoms with E-state index in [1.165, 1.54) is 18.4 Å². The molecule has 1 aromatic heterocycles. The van der Waals surface area contributed by atoms with Gasteiger partial charge in [0.1, 0.15) is 0 Å². The highest BCUT2D eigenvalue weighted by Crippen LogP contribution is 2.13. The zero-order valence-electron chi connectivity index (χ0n) is 6.88. The number of thiophene rings is 1. The van der Waals surface area contributed by atoms with Crippen molar-refractivity contribution in [2.45, 2.75) is 6.92 Å². The molecule has 0 N–H and O–H groups in total. The minimum absolute atomic E-state index is 0.497.